The fourth-order valence-corrected chi connectivity index (χ4v) is 5.22. The maximum absolute atomic E-state index is 13.2. The van der Waals surface area contributed by atoms with Crippen LogP contribution in [-0.2, 0) is 16.0 Å². The van der Waals surface area contributed by atoms with Crippen molar-refractivity contribution in [2.75, 3.05) is 11.9 Å². The second-order valence-corrected chi connectivity index (χ2v) is 9.51. The average Bonchev–Trinajstić information content (AvgIpc) is 3.43. The van der Waals surface area contributed by atoms with Crippen molar-refractivity contribution in [3.05, 3.63) is 124 Å². The first kappa shape index (κ1) is 25.1. The van der Waals surface area contributed by atoms with Gasteiger partial charge in [0.15, 0.2) is 0 Å². The summed E-state index contributed by atoms with van der Waals surface area (Å²) in [4.78, 5) is 56.7. The molecule has 4 aromatic carbocycles. The molecule has 3 amide bonds. The van der Waals surface area contributed by atoms with Crippen LogP contribution in [0.1, 0.15) is 60.6 Å². The smallest absolute Gasteiger partial charge is 0.411 e. The summed E-state index contributed by atoms with van der Waals surface area (Å²) in [6, 6.07) is 27.1. The van der Waals surface area contributed by atoms with E-state index in [0.717, 1.165) is 27.8 Å². The Balaban J connectivity index is 1.19. The average molecular weight is 533 g/mol. The molecule has 0 spiro atoms. The molecular formula is C32H24N2O6. The molecule has 6 rings (SSSR count). The summed E-state index contributed by atoms with van der Waals surface area (Å²) in [5.41, 5.74) is 5.61. The van der Waals surface area contributed by atoms with Crippen LogP contribution >= 0.6 is 0 Å². The quantitative estimate of drug-likeness (QED) is 0.307. The third kappa shape index (κ3) is 4.29. The maximum Gasteiger partial charge on any atom is 0.411 e. The Morgan fingerprint density at radius 2 is 1.32 bits per heavy atom. The van der Waals surface area contributed by atoms with Gasteiger partial charge in [-0.05, 0) is 58.5 Å². The molecule has 0 bridgehead atoms. The normalized spacial score (nSPS) is 13.5. The van der Waals surface area contributed by atoms with Crippen molar-refractivity contribution in [1.29, 1.82) is 0 Å². The van der Waals surface area contributed by atoms with Gasteiger partial charge >= 0.3 is 12.1 Å². The first-order valence-corrected chi connectivity index (χ1v) is 12.9. The Morgan fingerprint density at radius 1 is 0.775 bits per heavy atom. The van der Waals surface area contributed by atoms with Gasteiger partial charge in [-0.25, -0.2) is 9.59 Å². The SMILES string of the molecule is CCc1ccc(NC(=O)OCC2c3ccccc3-c3ccccc32)c(C(=O)ON2C(=O)c3ccccc3C2=O)c1. The molecule has 0 fully saturated rings. The minimum Gasteiger partial charge on any atom is -0.448 e. The number of ether oxygens (including phenoxy) is 1. The van der Waals surface area contributed by atoms with Crippen LogP contribution in [0.5, 0.6) is 0 Å². The van der Waals surface area contributed by atoms with Crippen molar-refractivity contribution in [1.82, 2.24) is 5.06 Å². The van der Waals surface area contributed by atoms with Crippen molar-refractivity contribution in [3.8, 4) is 11.1 Å². The van der Waals surface area contributed by atoms with Crippen LogP contribution in [0.15, 0.2) is 91.0 Å². The van der Waals surface area contributed by atoms with Crippen LogP contribution in [0.25, 0.3) is 11.1 Å². The molecule has 1 heterocycles. The number of fused-ring (bicyclic) bond motifs is 4. The first-order valence-electron chi connectivity index (χ1n) is 12.9. The van der Waals surface area contributed by atoms with E-state index in [0.29, 0.717) is 11.5 Å². The van der Waals surface area contributed by atoms with Crippen LogP contribution in [0.3, 0.4) is 0 Å². The minimum absolute atomic E-state index is 0.00980. The van der Waals surface area contributed by atoms with Crippen molar-refractivity contribution in [3.63, 3.8) is 0 Å². The van der Waals surface area contributed by atoms with E-state index < -0.39 is 23.9 Å². The largest absolute Gasteiger partial charge is 0.448 e. The molecule has 0 unspecified atom stereocenters. The van der Waals surface area contributed by atoms with Gasteiger partial charge in [0.05, 0.1) is 22.4 Å². The minimum atomic E-state index is -0.959. The topological polar surface area (TPSA) is 102 Å². The summed E-state index contributed by atoms with van der Waals surface area (Å²) < 4.78 is 5.62. The molecule has 4 aromatic rings. The van der Waals surface area contributed by atoms with Gasteiger partial charge in [-0.2, -0.15) is 0 Å². The third-order valence-corrected chi connectivity index (χ3v) is 7.22. The molecule has 1 aliphatic carbocycles. The van der Waals surface area contributed by atoms with Crippen molar-refractivity contribution < 1.29 is 28.8 Å². The van der Waals surface area contributed by atoms with Crippen LogP contribution in [0.2, 0.25) is 0 Å². The Labute approximate surface area is 230 Å². The zero-order valence-corrected chi connectivity index (χ0v) is 21.5. The van der Waals surface area contributed by atoms with Crippen molar-refractivity contribution >= 4 is 29.6 Å². The lowest BCUT2D eigenvalue weighted by Crippen LogP contribution is -2.33. The molecule has 40 heavy (non-hydrogen) atoms. The number of hydroxylamine groups is 2. The number of imide groups is 1. The lowest BCUT2D eigenvalue weighted by atomic mass is 9.98. The predicted octanol–water partition coefficient (Wildman–Crippen LogP) is 5.98. The molecule has 198 valence electrons. The van der Waals surface area contributed by atoms with Gasteiger partial charge in [0.1, 0.15) is 6.61 Å². The van der Waals surface area contributed by atoms with Crippen LogP contribution in [0.4, 0.5) is 10.5 Å². The second-order valence-electron chi connectivity index (χ2n) is 9.51. The number of carbonyl (C=O) groups is 4. The van der Waals surface area contributed by atoms with E-state index in [2.05, 4.69) is 17.4 Å². The second kappa shape index (κ2) is 10.1. The Hall–Kier alpha value is -5.24. The molecule has 0 atom stereocenters. The van der Waals surface area contributed by atoms with Gasteiger partial charge in [-0.1, -0.05) is 78.7 Å². The molecule has 8 nitrogen and oxygen atoms in total. The van der Waals surface area contributed by atoms with Crippen molar-refractivity contribution in [2.45, 2.75) is 19.3 Å². The number of nitrogens with zero attached hydrogens (tertiary/aromatic N) is 1. The summed E-state index contributed by atoms with van der Waals surface area (Å²) in [5.74, 6) is -2.55. The highest BCUT2D eigenvalue weighted by molar-refractivity contribution is 6.21. The molecule has 8 heteroatoms. The first-order chi connectivity index (χ1) is 19.5. The lowest BCUT2D eigenvalue weighted by Gasteiger charge is -2.17. The highest BCUT2D eigenvalue weighted by Crippen LogP contribution is 2.44. The monoisotopic (exact) mass is 532 g/mol. The van der Waals surface area contributed by atoms with Gasteiger partial charge in [0.25, 0.3) is 11.8 Å². The number of amides is 3. The number of hydrogen-bond donors (Lipinski definition) is 1. The third-order valence-electron chi connectivity index (χ3n) is 7.22. The van der Waals surface area contributed by atoms with E-state index >= 15 is 0 Å². The van der Waals surface area contributed by atoms with Gasteiger partial charge in [-0.15, -0.1) is 0 Å². The van der Waals surface area contributed by atoms with Crippen molar-refractivity contribution in [2.24, 2.45) is 0 Å². The Kier molecular flexibility index (Phi) is 6.36. The fourth-order valence-electron chi connectivity index (χ4n) is 5.22. The molecule has 0 radical (unpaired) electrons. The fraction of sp³-hybridized carbons (Fsp3) is 0.125. The number of rotatable bonds is 6. The number of anilines is 1. The molecule has 1 N–H and O–H groups in total. The molecule has 0 saturated heterocycles. The Bertz CT molecular complexity index is 1610. The van der Waals surface area contributed by atoms with Gasteiger partial charge in [-0.3, -0.25) is 14.9 Å². The van der Waals surface area contributed by atoms with E-state index in [9.17, 15) is 19.2 Å². The molecule has 1 aliphatic heterocycles. The molecule has 0 saturated carbocycles. The lowest BCUT2D eigenvalue weighted by molar-refractivity contribution is -0.0584. The van der Waals surface area contributed by atoms with E-state index in [4.69, 9.17) is 9.57 Å². The highest BCUT2D eigenvalue weighted by Gasteiger charge is 2.39. The van der Waals surface area contributed by atoms with Gasteiger partial charge < -0.3 is 9.57 Å². The number of nitrogens with one attached hydrogen (secondary N) is 1. The van der Waals surface area contributed by atoms with E-state index in [-0.39, 0.29) is 34.9 Å². The van der Waals surface area contributed by atoms with Crippen LogP contribution in [-0.4, -0.2) is 35.5 Å². The van der Waals surface area contributed by atoms with Gasteiger partial charge in [0.2, 0.25) is 0 Å². The summed E-state index contributed by atoms with van der Waals surface area (Å²) in [7, 11) is 0. The standard InChI is InChI=1S/C32H24N2O6/c1-2-19-15-16-28(26(17-19)31(37)40-34-29(35)24-13-7-8-14-25(24)30(34)36)33-32(38)39-18-27-22-11-5-3-9-20(22)21-10-4-6-12-23(21)27/h3-17,27H,2,18H2,1H3,(H,33,38). The van der Waals surface area contributed by atoms with E-state index in [1.807, 2.05) is 43.3 Å². The number of aryl methyl sites for hydroxylation is 1. The predicted molar refractivity (Wildman–Crippen MR) is 147 cm³/mol. The number of benzene rings is 4. The van der Waals surface area contributed by atoms with Gasteiger partial charge in [0, 0.05) is 5.92 Å². The zero-order valence-electron chi connectivity index (χ0n) is 21.5. The summed E-state index contributed by atoms with van der Waals surface area (Å²) in [5, 5.41) is 3.08. The molecule has 0 aromatic heterocycles. The Morgan fingerprint density at radius 3 is 1.90 bits per heavy atom. The summed E-state index contributed by atoms with van der Waals surface area (Å²) >= 11 is 0. The summed E-state index contributed by atoms with van der Waals surface area (Å²) in [6.45, 7) is 2.01. The summed E-state index contributed by atoms with van der Waals surface area (Å²) in [6.07, 6.45) is -0.140. The number of hydrogen-bond acceptors (Lipinski definition) is 6. The molecule has 2 aliphatic rings. The highest BCUT2D eigenvalue weighted by atomic mass is 16.7. The van der Waals surface area contributed by atoms with E-state index in [1.165, 1.54) is 12.1 Å². The number of carbonyl (C=O) groups excluding carboxylic acids is 4. The maximum atomic E-state index is 13.2. The zero-order chi connectivity index (χ0) is 27.8. The van der Waals surface area contributed by atoms with Crippen LogP contribution in [0, 0.1) is 0 Å². The molecular weight excluding hydrogens is 508 g/mol. The van der Waals surface area contributed by atoms with E-state index in [1.54, 1.807) is 30.3 Å². The van der Waals surface area contributed by atoms with Crippen LogP contribution < -0.4 is 5.32 Å².